The molecule has 1 aromatic carbocycles. The summed E-state index contributed by atoms with van der Waals surface area (Å²) < 4.78 is 5.84. The van der Waals surface area contributed by atoms with Gasteiger partial charge >= 0.3 is 0 Å². The first kappa shape index (κ1) is 13.9. The highest BCUT2D eigenvalue weighted by Crippen LogP contribution is 2.30. The third-order valence-electron chi connectivity index (χ3n) is 2.87. The molecule has 0 aliphatic rings. The Hall–Kier alpha value is -2.05. The van der Waals surface area contributed by atoms with Crippen LogP contribution in [0.15, 0.2) is 50.3 Å². The van der Waals surface area contributed by atoms with Crippen molar-refractivity contribution in [2.75, 3.05) is 0 Å². The van der Waals surface area contributed by atoms with E-state index in [2.05, 4.69) is 25.9 Å². The Morgan fingerprint density at radius 1 is 1.24 bits per heavy atom. The Labute approximate surface area is 132 Å². The van der Waals surface area contributed by atoms with Crippen LogP contribution in [0.25, 0.3) is 22.7 Å². The molecule has 0 unspecified atom stereocenters. The second-order valence-electron chi connectivity index (χ2n) is 4.22. The van der Waals surface area contributed by atoms with E-state index in [1.165, 1.54) is 6.26 Å². The summed E-state index contributed by atoms with van der Waals surface area (Å²) >= 11 is 9.08. The Balaban J connectivity index is 2.15. The third kappa shape index (κ3) is 2.59. The van der Waals surface area contributed by atoms with Gasteiger partial charge in [0.15, 0.2) is 11.6 Å². The third-order valence-corrected chi connectivity index (χ3v) is 3.74. The largest absolute Gasteiger partial charge is 0.493 e. The zero-order valence-corrected chi connectivity index (χ0v) is 12.8. The van der Waals surface area contributed by atoms with E-state index >= 15 is 0 Å². The van der Waals surface area contributed by atoms with E-state index < -0.39 is 5.56 Å². The second-order valence-corrected chi connectivity index (χ2v) is 5.51. The van der Waals surface area contributed by atoms with Gasteiger partial charge in [0.2, 0.25) is 5.88 Å². The molecule has 2 aromatic heterocycles. The van der Waals surface area contributed by atoms with E-state index in [9.17, 15) is 9.90 Å². The van der Waals surface area contributed by atoms with E-state index in [1.54, 1.807) is 30.3 Å². The number of aromatic nitrogens is 2. The zero-order valence-electron chi connectivity index (χ0n) is 10.4. The number of nitrogens with zero attached hydrogens (tertiary/aromatic N) is 1. The number of furan rings is 1. The van der Waals surface area contributed by atoms with Crippen molar-refractivity contribution in [3.05, 3.63) is 56.4 Å². The molecule has 0 bridgehead atoms. The van der Waals surface area contributed by atoms with Gasteiger partial charge in [0.1, 0.15) is 5.56 Å². The highest BCUT2D eigenvalue weighted by atomic mass is 79.9. The maximum absolute atomic E-state index is 12.2. The molecule has 2 N–H and O–H groups in total. The molecule has 21 heavy (non-hydrogen) atoms. The number of hydrogen-bond donors (Lipinski definition) is 2. The van der Waals surface area contributed by atoms with Gasteiger partial charge in [-0.3, -0.25) is 4.79 Å². The summed E-state index contributed by atoms with van der Waals surface area (Å²) in [4.78, 5) is 18.8. The fourth-order valence-electron chi connectivity index (χ4n) is 1.91. The van der Waals surface area contributed by atoms with Crippen LogP contribution in [0.2, 0.25) is 5.02 Å². The molecular formula is C14H8BrClN2O3. The van der Waals surface area contributed by atoms with Crippen molar-refractivity contribution in [2.24, 2.45) is 0 Å². The first-order chi connectivity index (χ1) is 10.1. The molecule has 0 saturated heterocycles. The van der Waals surface area contributed by atoms with Crippen LogP contribution in [0.1, 0.15) is 0 Å². The summed E-state index contributed by atoms with van der Waals surface area (Å²) in [6.45, 7) is 0. The summed E-state index contributed by atoms with van der Waals surface area (Å²) in [5.74, 6) is 0.108. The van der Waals surface area contributed by atoms with Crippen molar-refractivity contribution in [1.82, 2.24) is 9.97 Å². The summed E-state index contributed by atoms with van der Waals surface area (Å²) in [6, 6.07) is 8.20. The van der Waals surface area contributed by atoms with Crippen LogP contribution in [0.5, 0.6) is 5.88 Å². The van der Waals surface area contributed by atoms with Gasteiger partial charge in [-0.25, -0.2) is 0 Å². The molecule has 3 rings (SSSR count). The Morgan fingerprint density at radius 3 is 2.52 bits per heavy atom. The molecule has 2 heterocycles. The van der Waals surface area contributed by atoms with Gasteiger partial charge in [-0.2, -0.15) is 4.98 Å². The van der Waals surface area contributed by atoms with Crippen LogP contribution < -0.4 is 5.56 Å². The molecule has 5 nitrogen and oxygen atoms in total. The molecule has 7 heteroatoms. The number of H-pyrrole nitrogens is 1. The van der Waals surface area contributed by atoms with Crippen molar-refractivity contribution < 1.29 is 9.52 Å². The SMILES string of the molecule is O=c1[nH]c(-c2occc2Br)nc(O)c1-c1ccc(Cl)cc1. The lowest BCUT2D eigenvalue weighted by atomic mass is 10.1. The van der Waals surface area contributed by atoms with Crippen LogP contribution in [0, 0.1) is 0 Å². The number of aromatic amines is 1. The average Bonchev–Trinajstić information content (AvgIpc) is 2.86. The first-order valence-corrected chi connectivity index (χ1v) is 7.06. The van der Waals surface area contributed by atoms with Gasteiger partial charge < -0.3 is 14.5 Å². The van der Waals surface area contributed by atoms with E-state index in [0.717, 1.165) is 0 Å². The fraction of sp³-hybridized carbons (Fsp3) is 0. The van der Waals surface area contributed by atoms with Crippen molar-refractivity contribution in [3.8, 4) is 28.6 Å². The zero-order chi connectivity index (χ0) is 15.0. The molecule has 0 spiro atoms. The number of hydrogen-bond acceptors (Lipinski definition) is 4. The Kier molecular flexibility index (Phi) is 3.57. The predicted octanol–water partition coefficient (Wildman–Crippen LogP) is 3.82. The van der Waals surface area contributed by atoms with E-state index in [-0.39, 0.29) is 17.3 Å². The van der Waals surface area contributed by atoms with Gasteiger partial charge in [-0.1, -0.05) is 23.7 Å². The van der Waals surface area contributed by atoms with Crippen LogP contribution in [-0.2, 0) is 0 Å². The van der Waals surface area contributed by atoms with Crippen molar-refractivity contribution in [1.29, 1.82) is 0 Å². The topological polar surface area (TPSA) is 79.1 Å². The minimum Gasteiger partial charge on any atom is -0.493 e. The summed E-state index contributed by atoms with van der Waals surface area (Å²) in [7, 11) is 0. The van der Waals surface area contributed by atoms with Crippen LogP contribution >= 0.6 is 27.5 Å². The van der Waals surface area contributed by atoms with Gasteiger partial charge in [-0.15, -0.1) is 0 Å². The number of rotatable bonds is 2. The molecular weight excluding hydrogens is 360 g/mol. The predicted molar refractivity (Wildman–Crippen MR) is 82.4 cm³/mol. The lowest BCUT2D eigenvalue weighted by molar-refractivity contribution is 0.452. The first-order valence-electron chi connectivity index (χ1n) is 5.89. The summed E-state index contributed by atoms with van der Waals surface area (Å²) in [6.07, 6.45) is 1.45. The lowest BCUT2D eigenvalue weighted by Gasteiger charge is -2.05. The van der Waals surface area contributed by atoms with Crippen molar-refractivity contribution in [2.45, 2.75) is 0 Å². The van der Waals surface area contributed by atoms with Crippen molar-refractivity contribution >= 4 is 27.5 Å². The standard InChI is InChI=1S/C14H8BrClN2O3/c15-9-5-6-21-11(9)12-17-13(19)10(14(20)18-12)7-1-3-8(16)4-2-7/h1-6H,(H2,17,18,19,20). The monoisotopic (exact) mass is 366 g/mol. The minimum absolute atomic E-state index is 0.0816. The minimum atomic E-state index is -0.469. The van der Waals surface area contributed by atoms with E-state index in [1.807, 2.05) is 0 Å². The molecule has 0 radical (unpaired) electrons. The van der Waals surface area contributed by atoms with Gasteiger partial charge in [0.25, 0.3) is 5.56 Å². The van der Waals surface area contributed by atoms with Crippen molar-refractivity contribution in [3.63, 3.8) is 0 Å². The molecule has 3 aromatic rings. The highest BCUT2D eigenvalue weighted by Gasteiger charge is 2.16. The molecule has 0 fully saturated rings. The number of aromatic hydroxyl groups is 1. The lowest BCUT2D eigenvalue weighted by Crippen LogP contribution is -2.12. The average molecular weight is 368 g/mol. The Morgan fingerprint density at radius 2 is 1.95 bits per heavy atom. The Bertz CT molecular complexity index is 855. The maximum atomic E-state index is 12.2. The molecule has 0 aliphatic heterocycles. The number of nitrogens with one attached hydrogen (secondary N) is 1. The molecule has 0 saturated carbocycles. The quantitative estimate of drug-likeness (QED) is 0.722. The van der Waals surface area contributed by atoms with Gasteiger partial charge in [0.05, 0.1) is 10.7 Å². The van der Waals surface area contributed by atoms with Gasteiger partial charge in [-0.05, 0) is 39.7 Å². The van der Waals surface area contributed by atoms with Gasteiger partial charge in [0, 0.05) is 5.02 Å². The second kappa shape index (κ2) is 5.38. The molecule has 0 atom stereocenters. The van der Waals surface area contributed by atoms with E-state index in [0.29, 0.717) is 20.8 Å². The summed E-state index contributed by atoms with van der Waals surface area (Å²) in [5.41, 5.74) is 0.136. The van der Waals surface area contributed by atoms with Crippen LogP contribution in [0.3, 0.4) is 0 Å². The fourth-order valence-corrected chi connectivity index (χ4v) is 2.42. The normalized spacial score (nSPS) is 10.8. The molecule has 0 aliphatic carbocycles. The highest BCUT2D eigenvalue weighted by molar-refractivity contribution is 9.10. The molecule has 106 valence electrons. The smallest absolute Gasteiger partial charge is 0.263 e. The van der Waals surface area contributed by atoms with Crippen LogP contribution in [-0.4, -0.2) is 15.1 Å². The number of benzene rings is 1. The maximum Gasteiger partial charge on any atom is 0.263 e. The molecule has 0 amide bonds. The summed E-state index contributed by atoms with van der Waals surface area (Å²) in [5, 5.41) is 10.6. The van der Waals surface area contributed by atoms with Crippen LogP contribution in [0.4, 0.5) is 0 Å². The van der Waals surface area contributed by atoms with E-state index in [4.69, 9.17) is 16.0 Å². The number of halogens is 2.